The molecule has 3 heteroatoms. The van der Waals surface area contributed by atoms with Gasteiger partial charge in [-0.3, -0.25) is 4.79 Å². The van der Waals surface area contributed by atoms with Crippen LogP contribution in [0.2, 0.25) is 0 Å². The lowest BCUT2D eigenvalue weighted by Gasteiger charge is -2.01. The molecule has 4 rings (SSSR count). The van der Waals surface area contributed by atoms with Crippen molar-refractivity contribution >= 4 is 6.29 Å². The first-order valence-electron chi connectivity index (χ1n) is 6.59. The number of para-hydroxylation sites is 1. The molecule has 0 N–H and O–H groups in total. The van der Waals surface area contributed by atoms with E-state index in [-0.39, 0.29) is 0 Å². The highest BCUT2D eigenvalue weighted by molar-refractivity contribution is 5.88. The third-order valence-electron chi connectivity index (χ3n) is 3.76. The maximum atomic E-state index is 11.5. The van der Waals surface area contributed by atoms with Gasteiger partial charge in [0.15, 0.2) is 6.29 Å². The van der Waals surface area contributed by atoms with Crippen LogP contribution in [0.5, 0.6) is 0 Å². The van der Waals surface area contributed by atoms with E-state index in [9.17, 15) is 4.79 Å². The molecule has 0 aliphatic carbocycles. The molecule has 2 heterocycles. The fourth-order valence-corrected chi connectivity index (χ4v) is 2.81. The Labute approximate surface area is 116 Å². The topological polar surface area (TPSA) is 34.9 Å². The van der Waals surface area contributed by atoms with E-state index in [1.165, 1.54) is 5.56 Å². The first-order valence-corrected chi connectivity index (χ1v) is 6.59. The lowest BCUT2D eigenvalue weighted by molar-refractivity contribution is 0.112. The Morgan fingerprint density at radius 3 is 2.55 bits per heavy atom. The predicted octanol–water partition coefficient (Wildman–Crippen LogP) is 3.26. The number of hydrogen-bond acceptors (Lipinski definition) is 2. The van der Waals surface area contributed by atoms with Crippen LogP contribution in [0.4, 0.5) is 0 Å². The van der Waals surface area contributed by atoms with Crippen LogP contribution in [0.25, 0.3) is 16.9 Å². The maximum Gasteiger partial charge on any atom is 0.154 e. The number of carbonyl (C=O) groups excluding carboxylic acids is 1. The van der Waals surface area contributed by atoms with Crippen LogP contribution in [-0.2, 0) is 6.42 Å². The molecule has 3 aromatic rings. The molecule has 1 aliphatic heterocycles. The molecule has 96 valence electrons. The minimum Gasteiger partial charge on any atom is -0.298 e. The Morgan fingerprint density at radius 1 is 1.00 bits per heavy atom. The lowest BCUT2D eigenvalue weighted by atomic mass is 10.0. The third-order valence-corrected chi connectivity index (χ3v) is 3.76. The van der Waals surface area contributed by atoms with E-state index >= 15 is 0 Å². The van der Waals surface area contributed by atoms with Gasteiger partial charge < -0.3 is 0 Å². The molecule has 0 amide bonds. The summed E-state index contributed by atoms with van der Waals surface area (Å²) in [6.45, 7) is 0. The molecule has 0 unspecified atom stereocenters. The molecule has 3 nitrogen and oxygen atoms in total. The molecule has 0 atom stereocenters. The van der Waals surface area contributed by atoms with Gasteiger partial charge in [-0.05, 0) is 11.6 Å². The normalized spacial score (nSPS) is 12.0. The highest BCUT2D eigenvalue weighted by Crippen LogP contribution is 2.33. The van der Waals surface area contributed by atoms with Crippen molar-refractivity contribution in [1.29, 1.82) is 0 Å². The average Bonchev–Trinajstić information content (AvgIpc) is 3.03. The second kappa shape index (κ2) is 4.17. The zero-order chi connectivity index (χ0) is 13.5. The van der Waals surface area contributed by atoms with E-state index in [4.69, 9.17) is 0 Å². The Hall–Kier alpha value is -2.68. The zero-order valence-electron chi connectivity index (χ0n) is 10.8. The molecule has 2 aromatic carbocycles. The molecule has 0 saturated heterocycles. The number of rotatable bonds is 2. The number of carbonyl (C=O) groups is 1. The van der Waals surface area contributed by atoms with Gasteiger partial charge in [-0.1, -0.05) is 48.5 Å². The van der Waals surface area contributed by atoms with Crippen LogP contribution in [0.15, 0.2) is 54.6 Å². The second-order valence-electron chi connectivity index (χ2n) is 4.91. The Morgan fingerprint density at radius 2 is 1.75 bits per heavy atom. The molecule has 0 radical (unpaired) electrons. The fourth-order valence-electron chi connectivity index (χ4n) is 2.81. The van der Waals surface area contributed by atoms with Crippen molar-refractivity contribution < 1.29 is 4.79 Å². The van der Waals surface area contributed by atoms with Crippen LogP contribution in [-0.4, -0.2) is 16.1 Å². The standard InChI is InChI=1S/C17H12N2O/c20-11-14-16-10-13-8-4-5-9-15(13)19(16)18-17(14)12-6-2-1-3-7-12/h1-9,11H,10H2. The summed E-state index contributed by atoms with van der Waals surface area (Å²) in [6.07, 6.45) is 1.69. The van der Waals surface area contributed by atoms with Gasteiger partial charge in [0.1, 0.15) is 5.69 Å². The van der Waals surface area contributed by atoms with E-state index in [0.717, 1.165) is 35.3 Å². The second-order valence-corrected chi connectivity index (χ2v) is 4.91. The van der Waals surface area contributed by atoms with Crippen LogP contribution < -0.4 is 0 Å². The van der Waals surface area contributed by atoms with Crippen molar-refractivity contribution in [2.45, 2.75) is 6.42 Å². The number of nitrogens with zero attached hydrogens (tertiary/aromatic N) is 2. The first kappa shape index (κ1) is 11.2. The summed E-state index contributed by atoms with van der Waals surface area (Å²) in [4.78, 5) is 11.5. The summed E-state index contributed by atoms with van der Waals surface area (Å²) in [6, 6.07) is 18.0. The van der Waals surface area contributed by atoms with Crippen molar-refractivity contribution in [2.75, 3.05) is 0 Å². The van der Waals surface area contributed by atoms with Crippen molar-refractivity contribution in [3.8, 4) is 16.9 Å². The highest BCUT2D eigenvalue weighted by atomic mass is 16.1. The minimum absolute atomic E-state index is 0.701. The summed E-state index contributed by atoms with van der Waals surface area (Å²) in [5.41, 5.74) is 5.73. The van der Waals surface area contributed by atoms with Gasteiger partial charge in [-0.25, -0.2) is 4.68 Å². The number of benzene rings is 2. The van der Waals surface area contributed by atoms with Gasteiger partial charge in [0, 0.05) is 12.0 Å². The fraction of sp³-hybridized carbons (Fsp3) is 0.0588. The van der Waals surface area contributed by atoms with Crippen molar-refractivity contribution in [3.05, 3.63) is 71.4 Å². The van der Waals surface area contributed by atoms with E-state index in [1.807, 2.05) is 53.2 Å². The molecule has 1 aromatic heterocycles. The Bertz CT molecular complexity index is 803. The summed E-state index contributed by atoms with van der Waals surface area (Å²) in [5, 5.41) is 4.66. The van der Waals surface area contributed by atoms with Crippen molar-refractivity contribution in [1.82, 2.24) is 9.78 Å². The first-order chi connectivity index (χ1) is 9.88. The van der Waals surface area contributed by atoms with Gasteiger partial charge in [0.25, 0.3) is 0 Å². The summed E-state index contributed by atoms with van der Waals surface area (Å²) >= 11 is 0. The molecule has 0 spiro atoms. The van der Waals surface area contributed by atoms with Gasteiger partial charge in [-0.2, -0.15) is 5.10 Å². The highest BCUT2D eigenvalue weighted by Gasteiger charge is 2.26. The monoisotopic (exact) mass is 260 g/mol. The largest absolute Gasteiger partial charge is 0.298 e. The Balaban J connectivity index is 1.96. The van der Waals surface area contributed by atoms with Crippen LogP contribution in [0.3, 0.4) is 0 Å². The third kappa shape index (κ3) is 1.46. The van der Waals surface area contributed by atoms with E-state index < -0.39 is 0 Å². The van der Waals surface area contributed by atoms with Crippen LogP contribution >= 0.6 is 0 Å². The molecular weight excluding hydrogens is 248 g/mol. The van der Waals surface area contributed by atoms with E-state index in [2.05, 4.69) is 11.2 Å². The smallest absolute Gasteiger partial charge is 0.154 e. The van der Waals surface area contributed by atoms with Gasteiger partial charge in [0.05, 0.1) is 16.9 Å². The predicted molar refractivity (Wildman–Crippen MR) is 77.2 cm³/mol. The minimum atomic E-state index is 0.701. The number of fused-ring (bicyclic) bond motifs is 3. The van der Waals surface area contributed by atoms with Crippen LogP contribution in [0, 0.1) is 0 Å². The zero-order valence-corrected chi connectivity index (χ0v) is 10.8. The molecular formula is C17H12N2O. The molecule has 0 bridgehead atoms. The molecule has 1 aliphatic rings. The lowest BCUT2D eigenvalue weighted by Crippen LogP contribution is -1.94. The molecule has 0 fully saturated rings. The molecule has 20 heavy (non-hydrogen) atoms. The average molecular weight is 260 g/mol. The summed E-state index contributed by atoms with van der Waals surface area (Å²) in [5.74, 6) is 0. The van der Waals surface area contributed by atoms with Crippen molar-refractivity contribution in [3.63, 3.8) is 0 Å². The van der Waals surface area contributed by atoms with E-state index in [0.29, 0.717) is 5.56 Å². The SMILES string of the molecule is O=Cc1c(-c2ccccc2)nn2c1Cc1ccccc1-2. The van der Waals surface area contributed by atoms with E-state index in [1.54, 1.807) is 0 Å². The number of hydrogen-bond donors (Lipinski definition) is 0. The quantitative estimate of drug-likeness (QED) is 0.518. The number of aromatic nitrogens is 2. The maximum absolute atomic E-state index is 11.5. The van der Waals surface area contributed by atoms with Gasteiger partial charge in [0.2, 0.25) is 0 Å². The molecule has 0 saturated carbocycles. The van der Waals surface area contributed by atoms with Gasteiger partial charge >= 0.3 is 0 Å². The van der Waals surface area contributed by atoms with Gasteiger partial charge in [-0.15, -0.1) is 0 Å². The number of aldehydes is 1. The van der Waals surface area contributed by atoms with Crippen LogP contribution in [0.1, 0.15) is 21.6 Å². The van der Waals surface area contributed by atoms with Crippen molar-refractivity contribution in [2.24, 2.45) is 0 Å². The Kier molecular flexibility index (Phi) is 2.33. The summed E-state index contributed by atoms with van der Waals surface area (Å²) in [7, 11) is 0. The summed E-state index contributed by atoms with van der Waals surface area (Å²) < 4.78 is 1.90.